The summed E-state index contributed by atoms with van der Waals surface area (Å²) in [5.41, 5.74) is 0.669. The van der Waals surface area contributed by atoms with Crippen molar-refractivity contribution in [3.8, 4) is 0 Å². The third-order valence-corrected chi connectivity index (χ3v) is 4.44. The number of aldehydes is 1. The lowest BCUT2D eigenvalue weighted by Gasteiger charge is -1.91. The highest BCUT2D eigenvalue weighted by molar-refractivity contribution is 9.10. The topological polar surface area (TPSA) is 17.1 Å². The van der Waals surface area contributed by atoms with Gasteiger partial charge in [-0.1, -0.05) is 17.7 Å². The van der Waals surface area contributed by atoms with Gasteiger partial charge in [-0.05, 0) is 28.1 Å². The Labute approximate surface area is 92.5 Å². The van der Waals surface area contributed by atoms with Gasteiger partial charge in [0.05, 0.1) is 4.47 Å². The van der Waals surface area contributed by atoms with Gasteiger partial charge in [0, 0.05) is 15.6 Å². The minimum atomic E-state index is 0.669. The second kappa shape index (κ2) is 3.40. The van der Waals surface area contributed by atoms with E-state index < -0.39 is 0 Å². The average molecular weight is 276 g/mol. The van der Waals surface area contributed by atoms with Gasteiger partial charge in [0.2, 0.25) is 0 Å². The lowest BCUT2D eigenvalue weighted by molar-refractivity contribution is 0.112. The molecule has 2 aromatic rings. The van der Waals surface area contributed by atoms with Crippen molar-refractivity contribution in [1.82, 2.24) is 0 Å². The number of fused-ring (bicyclic) bond motifs is 1. The van der Waals surface area contributed by atoms with E-state index in [0.29, 0.717) is 5.56 Å². The number of hydrogen-bond acceptors (Lipinski definition) is 2. The van der Waals surface area contributed by atoms with E-state index in [1.807, 2.05) is 12.1 Å². The fourth-order valence-electron chi connectivity index (χ4n) is 1.13. The van der Waals surface area contributed by atoms with Crippen LogP contribution in [0, 0.1) is 0 Å². The first-order chi connectivity index (χ1) is 6.22. The lowest BCUT2D eigenvalue weighted by Crippen LogP contribution is -1.76. The fourth-order valence-corrected chi connectivity index (χ4v) is 2.98. The smallest absolute Gasteiger partial charge is 0.150 e. The number of carbonyl (C=O) groups is 1. The highest BCUT2D eigenvalue weighted by Crippen LogP contribution is 2.39. The van der Waals surface area contributed by atoms with Crippen LogP contribution in [0.1, 0.15) is 10.4 Å². The third kappa shape index (κ3) is 1.52. The van der Waals surface area contributed by atoms with E-state index in [1.54, 1.807) is 6.07 Å². The van der Waals surface area contributed by atoms with Gasteiger partial charge in [0.15, 0.2) is 0 Å². The molecule has 0 fully saturated rings. The molecule has 66 valence electrons. The Morgan fingerprint density at radius 3 is 2.92 bits per heavy atom. The van der Waals surface area contributed by atoms with E-state index in [1.165, 1.54) is 11.3 Å². The van der Waals surface area contributed by atoms with Crippen LogP contribution in [0.5, 0.6) is 0 Å². The van der Waals surface area contributed by atoms with Crippen LogP contribution < -0.4 is 0 Å². The van der Waals surface area contributed by atoms with Gasteiger partial charge in [-0.2, -0.15) is 0 Å². The molecule has 4 heteroatoms. The normalized spacial score (nSPS) is 10.6. The van der Waals surface area contributed by atoms with Gasteiger partial charge in [0.1, 0.15) is 10.6 Å². The summed E-state index contributed by atoms with van der Waals surface area (Å²) in [6.07, 6.45) is 0.831. The molecule has 1 aromatic carbocycles. The first-order valence-corrected chi connectivity index (χ1v) is 5.54. The van der Waals surface area contributed by atoms with Gasteiger partial charge < -0.3 is 0 Å². The number of thiophene rings is 1. The van der Waals surface area contributed by atoms with Crippen molar-refractivity contribution < 1.29 is 4.79 Å². The second-order valence-electron chi connectivity index (χ2n) is 2.56. The van der Waals surface area contributed by atoms with E-state index in [2.05, 4.69) is 15.9 Å². The Morgan fingerprint density at radius 2 is 2.23 bits per heavy atom. The average Bonchev–Trinajstić information content (AvgIpc) is 2.43. The Kier molecular flexibility index (Phi) is 2.41. The van der Waals surface area contributed by atoms with Crippen LogP contribution in [0.25, 0.3) is 10.1 Å². The first kappa shape index (κ1) is 9.19. The predicted octanol–water partition coefficient (Wildman–Crippen LogP) is 4.13. The minimum absolute atomic E-state index is 0.669. The van der Waals surface area contributed by atoms with Gasteiger partial charge in [-0.15, -0.1) is 11.3 Å². The fraction of sp³-hybridized carbons (Fsp3) is 0. The highest BCUT2D eigenvalue weighted by Gasteiger charge is 2.07. The molecule has 0 aliphatic heterocycles. The summed E-state index contributed by atoms with van der Waals surface area (Å²) in [7, 11) is 0. The first-order valence-electron chi connectivity index (χ1n) is 3.55. The van der Waals surface area contributed by atoms with Crippen molar-refractivity contribution >= 4 is 55.2 Å². The predicted molar refractivity (Wildman–Crippen MR) is 59.9 cm³/mol. The van der Waals surface area contributed by atoms with Crippen LogP contribution >= 0.6 is 38.9 Å². The molecule has 1 heterocycles. The molecule has 0 radical (unpaired) electrons. The molecule has 0 unspecified atom stereocenters. The van der Waals surface area contributed by atoms with Gasteiger partial charge in [-0.25, -0.2) is 0 Å². The largest absolute Gasteiger partial charge is 0.298 e. The maximum absolute atomic E-state index is 10.5. The summed E-state index contributed by atoms with van der Waals surface area (Å²) in [6.45, 7) is 0. The molecule has 0 saturated carbocycles. The maximum Gasteiger partial charge on any atom is 0.150 e. The van der Waals surface area contributed by atoms with Gasteiger partial charge in [0.25, 0.3) is 0 Å². The van der Waals surface area contributed by atoms with E-state index in [4.69, 9.17) is 11.6 Å². The molecule has 0 spiro atoms. The molecule has 2 rings (SSSR count). The Balaban J connectivity index is 2.81. The van der Waals surface area contributed by atoms with Crippen molar-refractivity contribution in [3.63, 3.8) is 0 Å². The summed E-state index contributed by atoms with van der Waals surface area (Å²) in [5, 5.41) is 1.000. The van der Waals surface area contributed by atoms with Crippen molar-refractivity contribution in [2.45, 2.75) is 0 Å². The van der Waals surface area contributed by atoms with Crippen molar-refractivity contribution in [2.75, 3.05) is 0 Å². The Hall–Kier alpha value is -0.380. The van der Waals surface area contributed by atoms with Crippen LogP contribution in [-0.2, 0) is 0 Å². The number of benzene rings is 1. The summed E-state index contributed by atoms with van der Waals surface area (Å²) in [5.74, 6) is 0. The molecule has 13 heavy (non-hydrogen) atoms. The monoisotopic (exact) mass is 274 g/mol. The zero-order valence-electron chi connectivity index (χ0n) is 6.38. The zero-order chi connectivity index (χ0) is 9.42. The van der Waals surface area contributed by atoms with Gasteiger partial charge in [-0.3, -0.25) is 4.79 Å². The summed E-state index contributed by atoms with van der Waals surface area (Å²) in [6, 6.07) is 5.52. The summed E-state index contributed by atoms with van der Waals surface area (Å²) in [4.78, 5) is 10.5. The molecule has 0 aliphatic rings. The maximum atomic E-state index is 10.5. The Morgan fingerprint density at radius 1 is 1.46 bits per heavy atom. The van der Waals surface area contributed by atoms with Gasteiger partial charge >= 0.3 is 0 Å². The molecular formula is C9H4BrClOS. The van der Waals surface area contributed by atoms with Crippen LogP contribution in [0.3, 0.4) is 0 Å². The molecule has 0 bridgehead atoms. The molecule has 0 aliphatic carbocycles. The molecule has 1 nitrogen and oxygen atoms in total. The molecule has 1 aromatic heterocycles. The highest BCUT2D eigenvalue weighted by atomic mass is 79.9. The SMILES string of the molecule is O=Cc1ccc2sc(Cl)c(Br)c2c1. The second-order valence-corrected chi connectivity index (χ2v) is 5.01. The number of hydrogen-bond donors (Lipinski definition) is 0. The third-order valence-electron chi connectivity index (χ3n) is 1.75. The summed E-state index contributed by atoms with van der Waals surface area (Å²) >= 11 is 10.8. The van der Waals surface area contributed by atoms with E-state index in [0.717, 1.165) is 25.2 Å². The van der Waals surface area contributed by atoms with E-state index in [9.17, 15) is 4.79 Å². The number of halogens is 2. The van der Waals surface area contributed by atoms with Crippen LogP contribution in [0.2, 0.25) is 4.34 Å². The van der Waals surface area contributed by atoms with Crippen LogP contribution in [0.4, 0.5) is 0 Å². The Bertz CT molecular complexity index is 478. The van der Waals surface area contributed by atoms with Crippen molar-refractivity contribution in [2.24, 2.45) is 0 Å². The van der Waals surface area contributed by atoms with Crippen LogP contribution in [-0.4, -0.2) is 6.29 Å². The van der Waals surface area contributed by atoms with E-state index >= 15 is 0 Å². The molecule has 0 saturated heterocycles. The summed E-state index contributed by atoms with van der Waals surface area (Å²) < 4.78 is 2.68. The number of carbonyl (C=O) groups excluding carboxylic acids is 1. The molecule has 0 amide bonds. The van der Waals surface area contributed by atoms with E-state index in [-0.39, 0.29) is 0 Å². The van der Waals surface area contributed by atoms with Crippen molar-refractivity contribution in [3.05, 3.63) is 32.6 Å². The van der Waals surface area contributed by atoms with Crippen LogP contribution in [0.15, 0.2) is 22.7 Å². The molecule has 0 N–H and O–H groups in total. The number of rotatable bonds is 1. The standard InChI is InChI=1S/C9H4BrClOS/c10-8-6-3-5(4-12)1-2-7(6)13-9(8)11/h1-4H. The lowest BCUT2D eigenvalue weighted by atomic mass is 10.2. The molecular weight excluding hydrogens is 272 g/mol. The zero-order valence-corrected chi connectivity index (χ0v) is 9.54. The molecule has 0 atom stereocenters. The quantitative estimate of drug-likeness (QED) is 0.715. The minimum Gasteiger partial charge on any atom is -0.298 e. The van der Waals surface area contributed by atoms with Crippen molar-refractivity contribution in [1.29, 1.82) is 0 Å².